The van der Waals surface area contributed by atoms with Crippen molar-refractivity contribution in [2.75, 3.05) is 11.4 Å². The third-order valence-electron chi connectivity index (χ3n) is 5.25. The normalized spacial score (nSPS) is 13.6. The van der Waals surface area contributed by atoms with Crippen molar-refractivity contribution in [1.29, 1.82) is 0 Å². The maximum absolute atomic E-state index is 12.9. The number of rotatable bonds is 3. The van der Waals surface area contributed by atoms with E-state index in [1.54, 1.807) is 7.05 Å². The topological polar surface area (TPSA) is 65.1 Å². The van der Waals surface area contributed by atoms with Crippen molar-refractivity contribution in [3.63, 3.8) is 0 Å². The van der Waals surface area contributed by atoms with Gasteiger partial charge in [-0.3, -0.25) is 13.9 Å². The standard InChI is InChI=1S/C19H23N5O2/c1-5-8-24-17(25)15-16(21(4)19(24)26)20-18-22(9-10-23(15)18)14-7-6-12(2)13(3)11-14/h6-7,11H,5,8-10H2,1-4H3. The van der Waals surface area contributed by atoms with E-state index in [4.69, 9.17) is 0 Å². The van der Waals surface area contributed by atoms with Crippen molar-refractivity contribution in [3.05, 3.63) is 50.2 Å². The summed E-state index contributed by atoms with van der Waals surface area (Å²) in [5.74, 6) is 0.726. The molecule has 2 aromatic heterocycles. The third-order valence-corrected chi connectivity index (χ3v) is 5.25. The zero-order valence-electron chi connectivity index (χ0n) is 15.6. The molecule has 0 spiro atoms. The summed E-state index contributed by atoms with van der Waals surface area (Å²) in [6, 6.07) is 6.31. The molecule has 0 aliphatic carbocycles. The molecular formula is C19H23N5O2. The van der Waals surface area contributed by atoms with Gasteiger partial charge in [0.2, 0.25) is 5.95 Å². The van der Waals surface area contributed by atoms with Crippen molar-refractivity contribution in [1.82, 2.24) is 18.7 Å². The van der Waals surface area contributed by atoms with Crippen LogP contribution in [0.4, 0.5) is 11.6 Å². The van der Waals surface area contributed by atoms with Gasteiger partial charge in [0.05, 0.1) is 0 Å². The highest BCUT2D eigenvalue weighted by Gasteiger charge is 2.28. The molecule has 1 aliphatic rings. The number of fused-ring (bicyclic) bond motifs is 3. The van der Waals surface area contributed by atoms with Crippen LogP contribution in [-0.2, 0) is 20.1 Å². The van der Waals surface area contributed by atoms with Gasteiger partial charge in [-0.05, 0) is 43.5 Å². The fraction of sp³-hybridized carbons (Fsp3) is 0.421. The van der Waals surface area contributed by atoms with Crippen LogP contribution in [0.3, 0.4) is 0 Å². The molecule has 0 unspecified atom stereocenters. The van der Waals surface area contributed by atoms with Crippen LogP contribution in [0.15, 0.2) is 27.8 Å². The van der Waals surface area contributed by atoms with E-state index < -0.39 is 0 Å². The second-order valence-electron chi connectivity index (χ2n) is 6.95. The molecule has 0 bridgehead atoms. The van der Waals surface area contributed by atoms with Crippen LogP contribution in [0.2, 0.25) is 0 Å². The number of imidazole rings is 1. The van der Waals surface area contributed by atoms with Gasteiger partial charge < -0.3 is 9.47 Å². The highest BCUT2D eigenvalue weighted by atomic mass is 16.2. The summed E-state index contributed by atoms with van der Waals surface area (Å²) >= 11 is 0. The smallest absolute Gasteiger partial charge is 0.310 e. The van der Waals surface area contributed by atoms with Crippen molar-refractivity contribution in [2.24, 2.45) is 7.05 Å². The quantitative estimate of drug-likeness (QED) is 0.723. The zero-order chi connectivity index (χ0) is 18.6. The zero-order valence-corrected chi connectivity index (χ0v) is 15.6. The molecule has 0 saturated carbocycles. The molecule has 0 amide bonds. The number of aromatic nitrogens is 4. The predicted molar refractivity (Wildman–Crippen MR) is 102 cm³/mol. The average molecular weight is 353 g/mol. The van der Waals surface area contributed by atoms with Gasteiger partial charge in [0.1, 0.15) is 0 Å². The Hall–Kier alpha value is -2.83. The second kappa shape index (κ2) is 5.86. The number of anilines is 2. The van der Waals surface area contributed by atoms with Crippen molar-refractivity contribution < 1.29 is 0 Å². The summed E-state index contributed by atoms with van der Waals surface area (Å²) in [5, 5.41) is 0. The van der Waals surface area contributed by atoms with Crippen LogP contribution in [0.5, 0.6) is 0 Å². The van der Waals surface area contributed by atoms with E-state index >= 15 is 0 Å². The fourth-order valence-corrected chi connectivity index (χ4v) is 3.64. The molecule has 136 valence electrons. The first kappa shape index (κ1) is 16.6. The highest BCUT2D eigenvalue weighted by molar-refractivity contribution is 5.77. The lowest BCUT2D eigenvalue weighted by molar-refractivity contribution is 0.590. The Morgan fingerprint density at radius 1 is 1.12 bits per heavy atom. The van der Waals surface area contributed by atoms with E-state index in [2.05, 4.69) is 41.9 Å². The molecule has 0 saturated heterocycles. The molecule has 7 nitrogen and oxygen atoms in total. The SMILES string of the molecule is CCCn1c(=O)c2c(nc3n2CCN3c2ccc(C)c(C)c2)n(C)c1=O. The molecule has 3 aromatic rings. The summed E-state index contributed by atoms with van der Waals surface area (Å²) in [4.78, 5) is 32.2. The minimum atomic E-state index is -0.307. The second-order valence-corrected chi connectivity index (χ2v) is 6.95. The summed E-state index contributed by atoms with van der Waals surface area (Å²) < 4.78 is 4.74. The molecule has 7 heteroatoms. The van der Waals surface area contributed by atoms with Crippen LogP contribution in [0.1, 0.15) is 24.5 Å². The molecule has 1 aromatic carbocycles. The highest BCUT2D eigenvalue weighted by Crippen LogP contribution is 2.32. The van der Waals surface area contributed by atoms with Gasteiger partial charge in [-0.1, -0.05) is 13.0 Å². The predicted octanol–water partition coefficient (Wildman–Crippen LogP) is 2.08. The Balaban J connectivity index is 1.95. The molecule has 26 heavy (non-hydrogen) atoms. The Bertz CT molecular complexity index is 1140. The van der Waals surface area contributed by atoms with E-state index in [1.807, 2.05) is 11.5 Å². The van der Waals surface area contributed by atoms with E-state index in [0.717, 1.165) is 24.6 Å². The van der Waals surface area contributed by atoms with Gasteiger partial charge in [-0.15, -0.1) is 0 Å². The summed E-state index contributed by atoms with van der Waals surface area (Å²) in [6.45, 7) is 7.99. The first-order valence-corrected chi connectivity index (χ1v) is 8.99. The summed E-state index contributed by atoms with van der Waals surface area (Å²) in [7, 11) is 1.68. The number of aryl methyl sites for hydroxylation is 3. The number of benzene rings is 1. The lowest BCUT2D eigenvalue weighted by atomic mass is 10.1. The monoisotopic (exact) mass is 353 g/mol. The Labute approximate surface area is 151 Å². The minimum Gasteiger partial charge on any atom is -0.310 e. The Morgan fingerprint density at radius 3 is 2.58 bits per heavy atom. The minimum absolute atomic E-state index is 0.245. The number of hydrogen-bond acceptors (Lipinski definition) is 4. The molecule has 0 fully saturated rings. The van der Waals surface area contributed by atoms with E-state index in [9.17, 15) is 9.59 Å². The van der Waals surface area contributed by atoms with Gasteiger partial charge in [-0.2, -0.15) is 4.98 Å². The maximum Gasteiger partial charge on any atom is 0.332 e. The lowest BCUT2D eigenvalue weighted by Crippen LogP contribution is -2.39. The van der Waals surface area contributed by atoms with Crippen LogP contribution in [0, 0.1) is 13.8 Å². The molecule has 4 rings (SSSR count). The number of hydrogen-bond donors (Lipinski definition) is 0. The van der Waals surface area contributed by atoms with Gasteiger partial charge in [0.15, 0.2) is 11.2 Å². The molecule has 0 N–H and O–H groups in total. The van der Waals surface area contributed by atoms with Crippen molar-refractivity contribution in [3.8, 4) is 0 Å². The summed E-state index contributed by atoms with van der Waals surface area (Å²) in [6.07, 6.45) is 0.733. The van der Waals surface area contributed by atoms with Crippen molar-refractivity contribution >= 4 is 22.8 Å². The molecule has 3 heterocycles. The van der Waals surface area contributed by atoms with Gasteiger partial charge in [0.25, 0.3) is 5.56 Å². The van der Waals surface area contributed by atoms with Crippen LogP contribution >= 0.6 is 0 Å². The van der Waals surface area contributed by atoms with E-state index in [-0.39, 0.29) is 11.2 Å². The van der Waals surface area contributed by atoms with Crippen LogP contribution < -0.4 is 16.1 Å². The largest absolute Gasteiger partial charge is 0.332 e. The van der Waals surface area contributed by atoms with Gasteiger partial charge in [0, 0.05) is 32.4 Å². The van der Waals surface area contributed by atoms with Crippen LogP contribution in [0.25, 0.3) is 11.2 Å². The van der Waals surface area contributed by atoms with Crippen molar-refractivity contribution in [2.45, 2.75) is 40.3 Å². The Kier molecular flexibility index (Phi) is 3.75. The molecule has 0 atom stereocenters. The third kappa shape index (κ3) is 2.23. The molecule has 0 radical (unpaired) electrons. The lowest BCUT2D eigenvalue weighted by Gasteiger charge is -2.17. The average Bonchev–Trinajstić information content (AvgIpc) is 3.18. The molecule has 1 aliphatic heterocycles. The molecular weight excluding hydrogens is 330 g/mol. The first-order chi connectivity index (χ1) is 12.4. The van der Waals surface area contributed by atoms with Gasteiger partial charge in [-0.25, -0.2) is 4.79 Å². The summed E-state index contributed by atoms with van der Waals surface area (Å²) in [5.41, 5.74) is 3.93. The maximum atomic E-state index is 12.9. The number of nitrogens with zero attached hydrogens (tertiary/aromatic N) is 5. The Morgan fingerprint density at radius 2 is 1.88 bits per heavy atom. The van der Waals surface area contributed by atoms with Gasteiger partial charge >= 0.3 is 5.69 Å². The van der Waals surface area contributed by atoms with Crippen LogP contribution in [-0.4, -0.2) is 25.2 Å². The first-order valence-electron chi connectivity index (χ1n) is 8.99. The van der Waals surface area contributed by atoms with E-state index in [1.165, 1.54) is 20.3 Å². The van der Waals surface area contributed by atoms with E-state index in [0.29, 0.717) is 24.3 Å². The fourth-order valence-electron chi connectivity index (χ4n) is 3.64.